The number of benzene rings is 1. The summed E-state index contributed by atoms with van der Waals surface area (Å²) in [6, 6.07) is 7.83. The summed E-state index contributed by atoms with van der Waals surface area (Å²) in [5.74, 6) is 0. The van der Waals surface area contributed by atoms with Crippen LogP contribution in [0.25, 0.3) is 0 Å². The minimum Gasteiger partial charge on any atom is -0.389 e. The Balaban J connectivity index is 2.35. The Bertz CT molecular complexity index is 553. The molecule has 5 heteroatoms. The molecule has 0 aliphatic carbocycles. The van der Waals surface area contributed by atoms with Gasteiger partial charge in [-0.3, -0.25) is 0 Å². The molecule has 80 valence electrons. The lowest BCUT2D eigenvalue weighted by Gasteiger charge is -2.06. The summed E-state index contributed by atoms with van der Waals surface area (Å²) in [6.07, 6.45) is 1.59. The Kier molecular flexibility index (Phi) is 2.75. The van der Waals surface area contributed by atoms with E-state index in [1.807, 2.05) is 25.1 Å². The van der Waals surface area contributed by atoms with Crippen molar-refractivity contribution < 1.29 is 0 Å². The summed E-state index contributed by atoms with van der Waals surface area (Å²) in [6.45, 7) is 1.90. The second kappa shape index (κ2) is 4.21. The van der Waals surface area contributed by atoms with E-state index in [4.69, 9.17) is 11.0 Å². The molecule has 0 aliphatic rings. The van der Waals surface area contributed by atoms with Crippen LogP contribution in [0.2, 0.25) is 0 Å². The van der Waals surface area contributed by atoms with E-state index in [0.717, 1.165) is 11.3 Å². The first-order chi connectivity index (χ1) is 7.70. The van der Waals surface area contributed by atoms with Crippen LogP contribution in [-0.4, -0.2) is 4.98 Å². The van der Waals surface area contributed by atoms with Gasteiger partial charge in [0, 0.05) is 0 Å². The molecule has 0 unspecified atom stereocenters. The van der Waals surface area contributed by atoms with E-state index in [1.165, 1.54) is 11.3 Å². The zero-order valence-electron chi connectivity index (χ0n) is 8.69. The number of nitrogen functional groups attached to an aromatic ring is 1. The van der Waals surface area contributed by atoms with Crippen molar-refractivity contribution in [3.05, 3.63) is 35.5 Å². The predicted molar refractivity (Wildman–Crippen MR) is 65.7 cm³/mol. The molecule has 0 saturated heterocycles. The molecular formula is C11H10N4S. The number of anilines is 3. The van der Waals surface area contributed by atoms with E-state index in [9.17, 15) is 0 Å². The zero-order valence-corrected chi connectivity index (χ0v) is 9.51. The van der Waals surface area contributed by atoms with Crippen LogP contribution in [0, 0.1) is 18.3 Å². The van der Waals surface area contributed by atoms with Crippen LogP contribution >= 0.6 is 11.3 Å². The fourth-order valence-corrected chi connectivity index (χ4v) is 1.97. The van der Waals surface area contributed by atoms with Crippen molar-refractivity contribution in [2.45, 2.75) is 6.92 Å². The van der Waals surface area contributed by atoms with Crippen LogP contribution in [0.15, 0.2) is 24.4 Å². The van der Waals surface area contributed by atoms with Gasteiger partial charge in [-0.15, -0.1) is 0 Å². The molecule has 16 heavy (non-hydrogen) atoms. The summed E-state index contributed by atoms with van der Waals surface area (Å²) < 4.78 is 0. The number of hydrogen-bond acceptors (Lipinski definition) is 5. The Hall–Kier alpha value is -2.06. The van der Waals surface area contributed by atoms with Gasteiger partial charge in [-0.25, -0.2) is 4.98 Å². The summed E-state index contributed by atoms with van der Waals surface area (Å²) >= 11 is 1.35. The molecule has 2 aromatic rings. The number of nitrogens with one attached hydrogen (secondary N) is 1. The van der Waals surface area contributed by atoms with E-state index in [2.05, 4.69) is 16.4 Å². The highest BCUT2D eigenvalue weighted by molar-refractivity contribution is 7.19. The van der Waals surface area contributed by atoms with Gasteiger partial charge in [-0.2, -0.15) is 5.26 Å². The molecule has 1 heterocycles. The van der Waals surface area contributed by atoms with E-state index in [0.29, 0.717) is 15.7 Å². The van der Waals surface area contributed by atoms with Crippen molar-refractivity contribution in [2.24, 2.45) is 0 Å². The average Bonchev–Trinajstić information content (AvgIpc) is 2.64. The van der Waals surface area contributed by atoms with Crippen LogP contribution in [-0.2, 0) is 0 Å². The Morgan fingerprint density at radius 2 is 2.31 bits per heavy atom. The minimum absolute atomic E-state index is 0.635. The SMILES string of the molecule is Cc1cccc(Nc2ncc(N)s2)c1C#N. The van der Waals surface area contributed by atoms with Crippen molar-refractivity contribution in [3.63, 3.8) is 0 Å². The highest BCUT2D eigenvalue weighted by Crippen LogP contribution is 2.26. The summed E-state index contributed by atoms with van der Waals surface area (Å²) in [7, 11) is 0. The standard InChI is InChI=1S/C11H10N4S/c1-7-3-2-4-9(8(7)5-12)15-11-14-6-10(13)16-11/h2-4,6H,13H2,1H3,(H,14,15). The highest BCUT2D eigenvalue weighted by atomic mass is 32.1. The number of rotatable bonds is 2. The molecule has 1 aromatic heterocycles. The molecular weight excluding hydrogens is 220 g/mol. The lowest BCUT2D eigenvalue weighted by molar-refractivity contribution is 1.35. The number of hydrogen-bond donors (Lipinski definition) is 2. The molecule has 0 fully saturated rings. The molecule has 0 amide bonds. The summed E-state index contributed by atoms with van der Waals surface area (Å²) in [4.78, 5) is 4.09. The van der Waals surface area contributed by atoms with Gasteiger partial charge in [-0.05, 0) is 18.6 Å². The van der Waals surface area contributed by atoms with Gasteiger partial charge in [-0.1, -0.05) is 23.5 Å². The van der Waals surface area contributed by atoms with Gasteiger partial charge in [0.25, 0.3) is 0 Å². The molecule has 0 radical (unpaired) electrons. The molecule has 4 nitrogen and oxygen atoms in total. The third-order valence-electron chi connectivity index (χ3n) is 2.15. The van der Waals surface area contributed by atoms with E-state index in [-0.39, 0.29) is 0 Å². The molecule has 0 bridgehead atoms. The Morgan fingerprint density at radius 1 is 1.50 bits per heavy atom. The van der Waals surface area contributed by atoms with Crippen LogP contribution < -0.4 is 11.1 Å². The minimum atomic E-state index is 0.635. The maximum absolute atomic E-state index is 9.05. The number of aryl methyl sites for hydroxylation is 1. The Labute approximate surface area is 97.4 Å². The second-order valence-electron chi connectivity index (χ2n) is 3.30. The van der Waals surface area contributed by atoms with Crippen molar-refractivity contribution in [3.8, 4) is 6.07 Å². The highest BCUT2D eigenvalue weighted by Gasteiger charge is 2.06. The lowest BCUT2D eigenvalue weighted by Crippen LogP contribution is -1.94. The van der Waals surface area contributed by atoms with Crippen LogP contribution in [0.5, 0.6) is 0 Å². The average molecular weight is 230 g/mol. The van der Waals surface area contributed by atoms with Crippen molar-refractivity contribution >= 4 is 27.2 Å². The molecule has 2 rings (SSSR count). The smallest absolute Gasteiger partial charge is 0.189 e. The van der Waals surface area contributed by atoms with E-state index >= 15 is 0 Å². The summed E-state index contributed by atoms with van der Waals surface area (Å²) in [5.41, 5.74) is 7.92. The van der Waals surface area contributed by atoms with Crippen LogP contribution in [0.3, 0.4) is 0 Å². The van der Waals surface area contributed by atoms with Gasteiger partial charge in [0.1, 0.15) is 11.1 Å². The van der Waals surface area contributed by atoms with Crippen molar-refractivity contribution in [1.82, 2.24) is 4.98 Å². The number of nitrogens with two attached hydrogens (primary N) is 1. The van der Waals surface area contributed by atoms with Crippen LogP contribution in [0.1, 0.15) is 11.1 Å². The predicted octanol–water partition coefficient (Wildman–Crippen LogP) is 2.65. The van der Waals surface area contributed by atoms with Crippen molar-refractivity contribution in [2.75, 3.05) is 11.1 Å². The molecule has 0 atom stereocenters. The quantitative estimate of drug-likeness (QED) is 0.831. The van der Waals surface area contributed by atoms with Gasteiger partial charge in [0.2, 0.25) is 0 Å². The van der Waals surface area contributed by atoms with Gasteiger partial charge in [0.15, 0.2) is 5.13 Å². The van der Waals surface area contributed by atoms with E-state index < -0.39 is 0 Å². The third kappa shape index (κ3) is 1.97. The number of thiazole rings is 1. The lowest BCUT2D eigenvalue weighted by atomic mass is 10.1. The fourth-order valence-electron chi connectivity index (χ4n) is 1.38. The first-order valence-electron chi connectivity index (χ1n) is 4.69. The third-order valence-corrected chi connectivity index (χ3v) is 2.89. The maximum atomic E-state index is 9.05. The maximum Gasteiger partial charge on any atom is 0.189 e. The molecule has 1 aromatic carbocycles. The van der Waals surface area contributed by atoms with Gasteiger partial charge in [0.05, 0.1) is 17.4 Å². The second-order valence-corrected chi connectivity index (χ2v) is 4.36. The monoisotopic (exact) mass is 230 g/mol. The van der Waals surface area contributed by atoms with Gasteiger partial charge < -0.3 is 11.1 Å². The molecule has 0 aliphatic heterocycles. The van der Waals surface area contributed by atoms with Crippen molar-refractivity contribution in [1.29, 1.82) is 5.26 Å². The number of aromatic nitrogens is 1. The number of nitriles is 1. The summed E-state index contributed by atoms with van der Waals surface area (Å²) in [5, 5.41) is 13.5. The fraction of sp³-hybridized carbons (Fsp3) is 0.0909. The van der Waals surface area contributed by atoms with E-state index in [1.54, 1.807) is 6.20 Å². The molecule has 0 spiro atoms. The van der Waals surface area contributed by atoms with Gasteiger partial charge >= 0.3 is 0 Å². The largest absolute Gasteiger partial charge is 0.389 e. The molecule has 0 saturated carbocycles. The first kappa shape index (κ1) is 10.5. The normalized spacial score (nSPS) is 9.75. The Morgan fingerprint density at radius 3 is 2.94 bits per heavy atom. The zero-order chi connectivity index (χ0) is 11.5. The first-order valence-corrected chi connectivity index (χ1v) is 5.50. The number of nitrogens with zero attached hydrogens (tertiary/aromatic N) is 2. The molecule has 3 N–H and O–H groups in total. The topological polar surface area (TPSA) is 74.7 Å². The van der Waals surface area contributed by atoms with Crippen LogP contribution in [0.4, 0.5) is 15.8 Å².